The zero-order valence-corrected chi connectivity index (χ0v) is 16.4. The van der Waals surface area contributed by atoms with Gasteiger partial charge in [0.2, 0.25) is 26.0 Å². The first-order valence-corrected chi connectivity index (χ1v) is 11.0. The number of hydrogen-bond donors (Lipinski definition) is 2. The molecule has 0 bridgehead atoms. The van der Waals surface area contributed by atoms with Crippen molar-refractivity contribution in [3.05, 3.63) is 29.8 Å². The lowest BCUT2D eigenvalue weighted by atomic mass is 10.1. The number of carbonyl (C=O) groups is 1. The third-order valence-corrected chi connectivity index (χ3v) is 5.83. The van der Waals surface area contributed by atoms with Crippen LogP contribution in [0.3, 0.4) is 0 Å². The number of rotatable bonds is 7. The summed E-state index contributed by atoms with van der Waals surface area (Å²) in [7, 11) is -7.24. The lowest BCUT2D eigenvalue weighted by molar-refractivity contribution is -0.121. The molecule has 8 nitrogen and oxygen atoms in total. The van der Waals surface area contributed by atoms with E-state index in [2.05, 4.69) is 5.32 Å². The van der Waals surface area contributed by atoms with Crippen molar-refractivity contribution in [3.63, 3.8) is 0 Å². The van der Waals surface area contributed by atoms with E-state index in [9.17, 15) is 21.6 Å². The Morgan fingerprint density at radius 2 is 1.64 bits per heavy atom. The summed E-state index contributed by atoms with van der Waals surface area (Å²) in [6, 6.07) is 6.03. The summed E-state index contributed by atoms with van der Waals surface area (Å²) in [5, 5.41) is 7.69. The summed E-state index contributed by atoms with van der Waals surface area (Å²) in [4.78, 5) is 12.0. The fourth-order valence-corrected chi connectivity index (χ4v) is 4.09. The van der Waals surface area contributed by atoms with Gasteiger partial charge < -0.3 is 5.32 Å². The Hall–Kier alpha value is -1.49. The van der Waals surface area contributed by atoms with Gasteiger partial charge in [0, 0.05) is 12.1 Å². The highest BCUT2D eigenvalue weighted by molar-refractivity contribution is 7.89. The highest BCUT2D eigenvalue weighted by atomic mass is 32.2. The van der Waals surface area contributed by atoms with Gasteiger partial charge in [0.1, 0.15) is 0 Å². The summed E-state index contributed by atoms with van der Waals surface area (Å²) < 4.78 is 47.1. The van der Waals surface area contributed by atoms with Crippen LogP contribution in [0, 0.1) is 0 Å². The van der Waals surface area contributed by atoms with Gasteiger partial charge in [0.05, 0.1) is 17.7 Å². The summed E-state index contributed by atoms with van der Waals surface area (Å²) in [6.07, 6.45) is 1.55. The van der Waals surface area contributed by atoms with E-state index in [1.807, 2.05) is 0 Å². The Balaban J connectivity index is 2.60. The van der Waals surface area contributed by atoms with Crippen LogP contribution >= 0.6 is 0 Å². The molecule has 0 unspecified atom stereocenters. The number of nitrogens with one attached hydrogen (secondary N) is 1. The van der Waals surface area contributed by atoms with Crippen LogP contribution in [0.2, 0.25) is 0 Å². The van der Waals surface area contributed by atoms with Crippen LogP contribution < -0.4 is 10.5 Å². The molecule has 0 atom stereocenters. The van der Waals surface area contributed by atoms with E-state index in [-0.39, 0.29) is 11.4 Å². The average molecular weight is 392 g/mol. The molecular formula is C15H25N3O5S2. The molecule has 10 heteroatoms. The molecule has 3 N–H and O–H groups in total. The molecular weight excluding hydrogens is 366 g/mol. The van der Waals surface area contributed by atoms with E-state index in [0.717, 1.165) is 16.1 Å². The summed E-state index contributed by atoms with van der Waals surface area (Å²) in [5.41, 5.74) is 0.123. The van der Waals surface area contributed by atoms with E-state index in [0.29, 0.717) is 13.0 Å². The van der Waals surface area contributed by atoms with Crippen molar-refractivity contribution in [1.82, 2.24) is 9.62 Å². The molecule has 0 radical (unpaired) electrons. The van der Waals surface area contributed by atoms with Crippen LogP contribution in [0.5, 0.6) is 0 Å². The van der Waals surface area contributed by atoms with Crippen LogP contribution in [0.15, 0.2) is 29.2 Å². The molecule has 1 rings (SSSR count). The fraction of sp³-hybridized carbons (Fsp3) is 0.533. The van der Waals surface area contributed by atoms with Crippen LogP contribution in [0.25, 0.3) is 0 Å². The zero-order valence-electron chi connectivity index (χ0n) is 14.8. The van der Waals surface area contributed by atoms with Gasteiger partial charge in [-0.15, -0.1) is 0 Å². The van der Waals surface area contributed by atoms with E-state index in [1.165, 1.54) is 12.1 Å². The zero-order chi connectivity index (χ0) is 19.5. The second kappa shape index (κ2) is 7.81. The Bertz CT molecular complexity index is 810. The number of nitrogens with two attached hydrogens (primary N) is 1. The van der Waals surface area contributed by atoms with Gasteiger partial charge in [-0.05, 0) is 44.9 Å². The minimum atomic E-state index is -3.73. The van der Waals surface area contributed by atoms with E-state index < -0.39 is 31.5 Å². The number of hydrogen-bond acceptors (Lipinski definition) is 5. The van der Waals surface area contributed by atoms with Crippen LogP contribution in [-0.2, 0) is 31.3 Å². The van der Waals surface area contributed by atoms with Crippen molar-refractivity contribution < 1.29 is 21.6 Å². The maximum atomic E-state index is 12.0. The van der Waals surface area contributed by atoms with Crippen molar-refractivity contribution in [2.75, 3.05) is 19.3 Å². The van der Waals surface area contributed by atoms with Gasteiger partial charge >= 0.3 is 0 Å². The Labute approximate surface area is 149 Å². The highest BCUT2D eigenvalue weighted by Gasteiger charge is 2.31. The molecule has 142 valence electrons. The lowest BCUT2D eigenvalue weighted by Gasteiger charge is -2.32. The van der Waals surface area contributed by atoms with Crippen molar-refractivity contribution in [2.24, 2.45) is 5.14 Å². The summed E-state index contributed by atoms with van der Waals surface area (Å²) in [6.45, 7) is 5.19. The number of amides is 1. The molecule has 0 heterocycles. The molecule has 0 fully saturated rings. The third kappa shape index (κ3) is 7.10. The fourth-order valence-electron chi connectivity index (χ4n) is 2.23. The second-order valence-corrected chi connectivity index (χ2v) is 10.2. The largest absolute Gasteiger partial charge is 0.355 e. The van der Waals surface area contributed by atoms with Gasteiger partial charge in [-0.1, -0.05) is 12.1 Å². The molecule has 1 amide bonds. The Morgan fingerprint density at radius 1 is 1.12 bits per heavy atom. The average Bonchev–Trinajstić information content (AvgIpc) is 2.42. The first-order valence-electron chi connectivity index (χ1n) is 7.57. The van der Waals surface area contributed by atoms with Gasteiger partial charge in [-0.2, -0.15) is 4.31 Å². The molecule has 0 aliphatic heterocycles. The van der Waals surface area contributed by atoms with Crippen LogP contribution in [0.4, 0.5) is 0 Å². The van der Waals surface area contributed by atoms with Crippen molar-refractivity contribution in [3.8, 4) is 0 Å². The lowest BCUT2D eigenvalue weighted by Crippen LogP contribution is -2.50. The quantitative estimate of drug-likeness (QED) is 0.679. The molecule has 1 aromatic carbocycles. The predicted molar refractivity (Wildman–Crippen MR) is 95.8 cm³/mol. The Morgan fingerprint density at radius 3 is 2.04 bits per heavy atom. The summed E-state index contributed by atoms with van der Waals surface area (Å²) in [5.74, 6) is -0.401. The molecule has 0 aromatic heterocycles. The molecule has 0 saturated carbocycles. The minimum absolute atomic E-state index is 0.0225. The highest BCUT2D eigenvalue weighted by Crippen LogP contribution is 2.16. The van der Waals surface area contributed by atoms with Gasteiger partial charge in [0.15, 0.2) is 0 Å². The van der Waals surface area contributed by atoms with Crippen LogP contribution in [0.1, 0.15) is 26.3 Å². The van der Waals surface area contributed by atoms with E-state index in [4.69, 9.17) is 5.14 Å². The topological polar surface area (TPSA) is 127 Å². The smallest absolute Gasteiger partial charge is 0.238 e. The molecule has 0 spiro atoms. The van der Waals surface area contributed by atoms with Gasteiger partial charge in [-0.25, -0.2) is 22.0 Å². The van der Waals surface area contributed by atoms with Crippen LogP contribution in [-0.4, -0.2) is 51.9 Å². The molecule has 25 heavy (non-hydrogen) atoms. The number of sulfonamides is 2. The second-order valence-electron chi connectivity index (χ2n) is 6.73. The number of primary sulfonamides is 1. The first-order chi connectivity index (χ1) is 11.2. The minimum Gasteiger partial charge on any atom is -0.355 e. The maximum Gasteiger partial charge on any atom is 0.238 e. The van der Waals surface area contributed by atoms with Crippen molar-refractivity contribution in [2.45, 2.75) is 37.6 Å². The Kier molecular flexibility index (Phi) is 6.74. The molecule has 0 saturated heterocycles. The molecule has 1 aromatic rings. The van der Waals surface area contributed by atoms with Gasteiger partial charge in [-0.3, -0.25) is 4.79 Å². The number of benzene rings is 1. The van der Waals surface area contributed by atoms with Crippen molar-refractivity contribution in [1.29, 1.82) is 0 Å². The molecule has 0 aliphatic carbocycles. The molecule has 0 aliphatic rings. The normalized spacial score (nSPS) is 13.0. The first kappa shape index (κ1) is 21.6. The van der Waals surface area contributed by atoms with Gasteiger partial charge in [0.25, 0.3) is 0 Å². The number of nitrogens with zero attached hydrogens (tertiary/aromatic N) is 1. The maximum absolute atomic E-state index is 12.0. The van der Waals surface area contributed by atoms with E-state index >= 15 is 0 Å². The SMILES string of the molecule is CC(C)(C)N(CC(=O)NCCc1ccc(S(N)(=O)=O)cc1)S(C)(=O)=O. The number of carbonyl (C=O) groups excluding carboxylic acids is 1. The van der Waals surface area contributed by atoms with E-state index in [1.54, 1.807) is 32.9 Å². The third-order valence-electron chi connectivity index (χ3n) is 3.42. The van der Waals surface area contributed by atoms with Crippen molar-refractivity contribution >= 4 is 26.0 Å². The summed E-state index contributed by atoms with van der Waals surface area (Å²) >= 11 is 0. The standard InChI is InChI=1S/C15H25N3O5S2/c1-15(2,3)18(24(4,20)21)11-14(19)17-10-9-12-5-7-13(8-6-12)25(16,22)23/h5-8H,9-11H2,1-4H3,(H,17,19)(H2,16,22,23). The predicted octanol–water partition coefficient (Wildman–Crippen LogP) is 0.0528. The monoisotopic (exact) mass is 391 g/mol.